The summed E-state index contributed by atoms with van der Waals surface area (Å²) in [6.07, 6.45) is 0. The minimum Gasteiger partial charge on any atom is -0.384 e. The number of amidine groups is 1. The molecule has 1 aromatic carbocycles. The molecule has 0 saturated heterocycles. The first-order chi connectivity index (χ1) is 5.52. The second-order valence-electron chi connectivity index (χ2n) is 2.50. The van der Waals surface area contributed by atoms with Crippen LogP contribution in [0.1, 0.15) is 11.1 Å². The number of hydrogen-bond acceptors (Lipinski definition) is 1. The van der Waals surface area contributed by atoms with Crippen LogP contribution in [0.25, 0.3) is 0 Å². The summed E-state index contributed by atoms with van der Waals surface area (Å²) < 4.78 is 25.7. The van der Waals surface area contributed by atoms with Gasteiger partial charge < -0.3 is 5.73 Å². The maximum absolute atomic E-state index is 13.0. The molecule has 0 heterocycles. The molecule has 0 aromatic heterocycles. The molecule has 2 nitrogen and oxygen atoms in total. The van der Waals surface area contributed by atoms with Crippen molar-refractivity contribution in [2.75, 3.05) is 0 Å². The molecule has 0 fully saturated rings. The van der Waals surface area contributed by atoms with Crippen LogP contribution in [-0.2, 0) is 0 Å². The molecule has 0 bridgehead atoms. The van der Waals surface area contributed by atoms with Crippen LogP contribution in [0.2, 0.25) is 0 Å². The minimum absolute atomic E-state index is 0.153. The lowest BCUT2D eigenvalue weighted by Gasteiger charge is -2.03. The molecule has 64 valence electrons. The summed E-state index contributed by atoms with van der Waals surface area (Å²) in [7, 11) is 0. The van der Waals surface area contributed by atoms with Gasteiger partial charge in [-0.25, -0.2) is 8.78 Å². The van der Waals surface area contributed by atoms with Gasteiger partial charge in [0.15, 0.2) is 0 Å². The Balaban J connectivity index is 3.37. The van der Waals surface area contributed by atoms with Crippen LogP contribution >= 0.6 is 0 Å². The van der Waals surface area contributed by atoms with Crippen molar-refractivity contribution in [3.05, 3.63) is 34.9 Å². The molecule has 12 heavy (non-hydrogen) atoms. The Morgan fingerprint density at radius 2 is 2.00 bits per heavy atom. The van der Waals surface area contributed by atoms with E-state index in [2.05, 4.69) is 0 Å². The van der Waals surface area contributed by atoms with Crippen molar-refractivity contribution in [2.24, 2.45) is 5.73 Å². The van der Waals surface area contributed by atoms with Gasteiger partial charge in [0.2, 0.25) is 0 Å². The number of halogens is 2. The van der Waals surface area contributed by atoms with Crippen molar-refractivity contribution < 1.29 is 8.78 Å². The van der Waals surface area contributed by atoms with Gasteiger partial charge >= 0.3 is 0 Å². The SMILES string of the molecule is Cc1cc(F)cc(C(=N)N)c1F. The van der Waals surface area contributed by atoms with E-state index in [4.69, 9.17) is 11.1 Å². The first-order valence-electron chi connectivity index (χ1n) is 3.32. The van der Waals surface area contributed by atoms with Gasteiger partial charge in [0.05, 0.1) is 5.56 Å². The molecule has 4 heteroatoms. The quantitative estimate of drug-likeness (QED) is 0.487. The van der Waals surface area contributed by atoms with Gasteiger partial charge in [0.1, 0.15) is 17.5 Å². The Labute approximate surface area is 68.5 Å². The van der Waals surface area contributed by atoms with Gasteiger partial charge in [-0.2, -0.15) is 0 Å². The van der Waals surface area contributed by atoms with E-state index in [1.807, 2.05) is 0 Å². The highest BCUT2D eigenvalue weighted by molar-refractivity contribution is 5.95. The summed E-state index contributed by atoms with van der Waals surface area (Å²) in [5, 5.41) is 6.94. The fourth-order valence-corrected chi connectivity index (χ4v) is 0.922. The average molecular weight is 170 g/mol. The van der Waals surface area contributed by atoms with Gasteiger partial charge in [-0.1, -0.05) is 0 Å². The minimum atomic E-state index is -0.635. The summed E-state index contributed by atoms with van der Waals surface area (Å²) >= 11 is 0. The van der Waals surface area contributed by atoms with Crippen molar-refractivity contribution in [2.45, 2.75) is 6.92 Å². The Morgan fingerprint density at radius 1 is 1.42 bits per heavy atom. The summed E-state index contributed by atoms with van der Waals surface area (Å²) in [5.74, 6) is -1.68. The average Bonchev–Trinajstić information content (AvgIpc) is 1.96. The normalized spacial score (nSPS) is 9.92. The zero-order chi connectivity index (χ0) is 9.30. The summed E-state index contributed by atoms with van der Waals surface area (Å²) in [6, 6.07) is 1.96. The van der Waals surface area contributed by atoms with Gasteiger partial charge in [0, 0.05) is 0 Å². The lowest BCUT2D eigenvalue weighted by Crippen LogP contribution is -2.14. The van der Waals surface area contributed by atoms with Gasteiger partial charge in [-0.3, -0.25) is 5.41 Å². The van der Waals surface area contributed by atoms with Crippen molar-refractivity contribution in [1.82, 2.24) is 0 Å². The van der Waals surface area contributed by atoms with E-state index in [-0.39, 0.29) is 11.1 Å². The molecular formula is C8H8F2N2. The third-order valence-electron chi connectivity index (χ3n) is 1.51. The second-order valence-corrected chi connectivity index (χ2v) is 2.50. The topological polar surface area (TPSA) is 49.9 Å². The van der Waals surface area contributed by atoms with Crippen LogP contribution in [0.15, 0.2) is 12.1 Å². The number of nitrogen functional groups attached to an aromatic ring is 1. The van der Waals surface area contributed by atoms with E-state index in [0.29, 0.717) is 0 Å². The zero-order valence-electron chi connectivity index (χ0n) is 6.49. The largest absolute Gasteiger partial charge is 0.384 e. The molecule has 0 amide bonds. The smallest absolute Gasteiger partial charge is 0.137 e. The monoisotopic (exact) mass is 170 g/mol. The maximum atomic E-state index is 13.0. The van der Waals surface area contributed by atoms with Gasteiger partial charge in [-0.05, 0) is 24.6 Å². The fourth-order valence-electron chi connectivity index (χ4n) is 0.922. The van der Waals surface area contributed by atoms with Crippen molar-refractivity contribution in [3.63, 3.8) is 0 Å². The van der Waals surface area contributed by atoms with Crippen LogP contribution in [0.3, 0.4) is 0 Å². The van der Waals surface area contributed by atoms with Crippen LogP contribution in [0, 0.1) is 24.0 Å². The summed E-state index contributed by atoms with van der Waals surface area (Å²) in [6.45, 7) is 1.42. The predicted molar refractivity (Wildman–Crippen MR) is 42.1 cm³/mol. The third kappa shape index (κ3) is 1.42. The lowest BCUT2D eigenvalue weighted by atomic mass is 10.1. The Hall–Kier alpha value is -1.45. The summed E-state index contributed by atoms with van der Waals surface area (Å²) in [5.41, 5.74) is 4.99. The van der Waals surface area contributed by atoms with Crippen molar-refractivity contribution in [3.8, 4) is 0 Å². The molecule has 0 spiro atoms. The van der Waals surface area contributed by atoms with E-state index < -0.39 is 17.5 Å². The first kappa shape index (κ1) is 8.64. The third-order valence-corrected chi connectivity index (χ3v) is 1.51. The highest BCUT2D eigenvalue weighted by Gasteiger charge is 2.09. The number of nitrogens with one attached hydrogen (secondary N) is 1. The summed E-state index contributed by atoms with van der Waals surface area (Å²) in [4.78, 5) is 0. The lowest BCUT2D eigenvalue weighted by molar-refractivity contribution is 0.590. The first-order valence-corrected chi connectivity index (χ1v) is 3.32. The molecule has 0 unspecified atom stereocenters. The number of nitrogens with two attached hydrogens (primary N) is 1. The molecule has 0 aliphatic heterocycles. The molecule has 1 aromatic rings. The highest BCUT2D eigenvalue weighted by atomic mass is 19.1. The van der Waals surface area contributed by atoms with Gasteiger partial charge in [-0.15, -0.1) is 0 Å². The number of rotatable bonds is 1. The molecule has 0 aliphatic carbocycles. The number of hydrogen-bond donors (Lipinski definition) is 2. The predicted octanol–water partition coefficient (Wildman–Crippen LogP) is 1.56. The van der Waals surface area contributed by atoms with E-state index in [0.717, 1.165) is 12.1 Å². The highest BCUT2D eigenvalue weighted by Crippen LogP contribution is 2.13. The Kier molecular flexibility index (Phi) is 2.08. The van der Waals surface area contributed by atoms with E-state index in [1.54, 1.807) is 0 Å². The molecule has 0 saturated carbocycles. The Bertz CT molecular complexity index is 334. The van der Waals surface area contributed by atoms with Gasteiger partial charge in [0.25, 0.3) is 0 Å². The van der Waals surface area contributed by atoms with Crippen LogP contribution in [0.4, 0.5) is 8.78 Å². The zero-order valence-corrected chi connectivity index (χ0v) is 6.49. The molecule has 1 rings (SSSR count). The van der Waals surface area contributed by atoms with Crippen molar-refractivity contribution >= 4 is 5.84 Å². The van der Waals surface area contributed by atoms with Crippen molar-refractivity contribution in [1.29, 1.82) is 5.41 Å². The molecular weight excluding hydrogens is 162 g/mol. The molecule has 3 N–H and O–H groups in total. The maximum Gasteiger partial charge on any atom is 0.137 e. The van der Waals surface area contributed by atoms with E-state index in [1.165, 1.54) is 6.92 Å². The fraction of sp³-hybridized carbons (Fsp3) is 0.125. The number of aryl methyl sites for hydroxylation is 1. The standard InChI is InChI=1S/C8H8F2N2/c1-4-2-5(9)3-6(7(4)10)8(11)12/h2-3H,1H3,(H3,11,12). The molecule has 0 aliphatic rings. The van der Waals surface area contributed by atoms with E-state index >= 15 is 0 Å². The van der Waals surface area contributed by atoms with Crippen LogP contribution in [-0.4, -0.2) is 5.84 Å². The second kappa shape index (κ2) is 2.89. The number of benzene rings is 1. The van der Waals surface area contributed by atoms with Crippen LogP contribution in [0.5, 0.6) is 0 Å². The van der Waals surface area contributed by atoms with Crippen LogP contribution < -0.4 is 5.73 Å². The molecule has 0 radical (unpaired) electrons. The molecule has 0 atom stereocenters. The Morgan fingerprint density at radius 3 is 2.50 bits per heavy atom. The van der Waals surface area contributed by atoms with E-state index in [9.17, 15) is 8.78 Å².